The molecule has 1 aromatic rings. The summed E-state index contributed by atoms with van der Waals surface area (Å²) in [5.74, 6) is 0. The van der Waals surface area contributed by atoms with Gasteiger partial charge in [-0.3, -0.25) is 0 Å². The van der Waals surface area contributed by atoms with Crippen LogP contribution in [-0.2, 0) is 12.8 Å². The van der Waals surface area contributed by atoms with Gasteiger partial charge >= 0.3 is 0 Å². The van der Waals surface area contributed by atoms with E-state index in [0.29, 0.717) is 0 Å². The Morgan fingerprint density at radius 3 is 1.80 bits per heavy atom. The third-order valence-corrected chi connectivity index (χ3v) is 4.15. The van der Waals surface area contributed by atoms with E-state index in [4.69, 9.17) is 12.8 Å². The topological polar surface area (TPSA) is 3.24 Å². The van der Waals surface area contributed by atoms with Crippen molar-refractivity contribution >= 4 is 18.5 Å². The predicted octanol–water partition coefficient (Wildman–Crippen LogP) is 5.88. The van der Waals surface area contributed by atoms with E-state index < -0.39 is 0 Å². The van der Waals surface area contributed by atoms with Gasteiger partial charge in [0.25, 0.3) is 0 Å². The van der Waals surface area contributed by atoms with E-state index in [1.807, 2.05) is 22.5 Å². The van der Waals surface area contributed by atoms with Crippen LogP contribution >= 0.6 is 0 Å². The molecule has 1 nitrogen and oxygen atoms in total. The number of para-hydroxylation sites is 1. The first-order chi connectivity index (χ1) is 9.84. The average molecular weight is 293 g/mol. The molecule has 0 saturated heterocycles. The standard InChI is InChI=1S/C18H30NS/c1-2-3-4-5-6-7-8-9-10-14-17-19(20)18-15-12-11-13-16-18/h11-13,15-16H,2-10,14,17H2,1H3/q-1. The first-order valence-electron chi connectivity index (χ1n) is 8.34. The highest BCUT2D eigenvalue weighted by atomic mass is 32.1. The van der Waals surface area contributed by atoms with E-state index in [1.54, 1.807) is 0 Å². The van der Waals surface area contributed by atoms with Gasteiger partial charge < -0.3 is 17.1 Å². The fourth-order valence-corrected chi connectivity index (χ4v) is 2.72. The summed E-state index contributed by atoms with van der Waals surface area (Å²) in [4.78, 5) is 0. The van der Waals surface area contributed by atoms with Crippen LogP contribution in [0.1, 0.15) is 71.1 Å². The summed E-state index contributed by atoms with van der Waals surface area (Å²) >= 11 is 5.40. The molecule has 114 valence electrons. The Morgan fingerprint density at radius 1 is 0.750 bits per heavy atom. The Kier molecular flexibility index (Phi) is 10.6. The van der Waals surface area contributed by atoms with Crippen molar-refractivity contribution in [3.63, 3.8) is 0 Å². The second-order valence-corrected chi connectivity index (χ2v) is 6.06. The molecule has 0 unspecified atom stereocenters. The Hall–Kier alpha value is -0.630. The highest BCUT2D eigenvalue weighted by Crippen LogP contribution is 2.14. The van der Waals surface area contributed by atoms with Crippen molar-refractivity contribution in [1.29, 1.82) is 0 Å². The van der Waals surface area contributed by atoms with Crippen LogP contribution in [0.5, 0.6) is 0 Å². The monoisotopic (exact) mass is 292 g/mol. The summed E-state index contributed by atoms with van der Waals surface area (Å²) in [6.45, 7) is 3.27. The van der Waals surface area contributed by atoms with Crippen LogP contribution in [-0.4, -0.2) is 6.54 Å². The Balaban J connectivity index is 1.90. The maximum Gasteiger partial charge on any atom is 0.0142 e. The highest BCUT2D eigenvalue weighted by molar-refractivity contribution is 7.60. The molecule has 2 heteroatoms. The molecule has 0 heterocycles. The van der Waals surface area contributed by atoms with Gasteiger partial charge in [-0.25, -0.2) is 0 Å². The van der Waals surface area contributed by atoms with Crippen molar-refractivity contribution in [3.05, 3.63) is 30.3 Å². The van der Waals surface area contributed by atoms with Crippen LogP contribution in [0.3, 0.4) is 0 Å². The van der Waals surface area contributed by atoms with Crippen molar-refractivity contribution in [2.75, 3.05) is 10.8 Å². The molecule has 0 bridgehead atoms. The molecular formula is C18H30NS-. The second kappa shape index (κ2) is 12.1. The van der Waals surface area contributed by atoms with Crippen LogP contribution in [0.25, 0.3) is 0 Å². The van der Waals surface area contributed by atoms with Gasteiger partial charge in [0.2, 0.25) is 0 Å². The van der Waals surface area contributed by atoms with Gasteiger partial charge in [-0.1, -0.05) is 82.9 Å². The number of nitrogens with zero attached hydrogens (tertiary/aromatic N) is 1. The van der Waals surface area contributed by atoms with E-state index >= 15 is 0 Å². The van der Waals surface area contributed by atoms with E-state index in [1.165, 1.54) is 64.2 Å². The lowest BCUT2D eigenvalue weighted by Gasteiger charge is -2.32. The average Bonchev–Trinajstić information content (AvgIpc) is 2.50. The number of hydrogen-bond donors (Lipinski definition) is 0. The summed E-state index contributed by atoms with van der Waals surface area (Å²) in [6, 6.07) is 10.3. The summed E-state index contributed by atoms with van der Waals surface area (Å²) in [5.41, 5.74) is 1.15. The van der Waals surface area contributed by atoms with Gasteiger partial charge in [0.1, 0.15) is 0 Å². The van der Waals surface area contributed by atoms with Gasteiger partial charge in [-0.2, -0.15) is 0 Å². The maximum absolute atomic E-state index is 5.40. The molecule has 0 atom stereocenters. The first kappa shape index (κ1) is 17.4. The molecule has 0 N–H and O–H groups in total. The van der Waals surface area contributed by atoms with E-state index in [9.17, 15) is 0 Å². The number of rotatable bonds is 12. The smallest absolute Gasteiger partial charge is 0.0142 e. The van der Waals surface area contributed by atoms with Gasteiger partial charge in [-0.15, -0.1) is 0 Å². The van der Waals surface area contributed by atoms with Crippen LogP contribution in [0.2, 0.25) is 0 Å². The molecule has 0 aliphatic heterocycles. The summed E-state index contributed by atoms with van der Waals surface area (Å²) < 4.78 is 1.95. The maximum atomic E-state index is 5.40. The van der Waals surface area contributed by atoms with Crippen LogP contribution in [0.15, 0.2) is 30.3 Å². The summed E-state index contributed by atoms with van der Waals surface area (Å²) in [7, 11) is 0. The number of anilines is 1. The lowest BCUT2D eigenvalue weighted by molar-refractivity contribution is 0.558. The second-order valence-electron chi connectivity index (χ2n) is 5.62. The molecule has 0 radical (unpaired) electrons. The number of hydrogen-bond acceptors (Lipinski definition) is 2. The van der Waals surface area contributed by atoms with Gasteiger partial charge in [0, 0.05) is 5.69 Å². The van der Waals surface area contributed by atoms with E-state index in [0.717, 1.165) is 12.2 Å². The molecular weight excluding hydrogens is 262 g/mol. The Labute approximate surface area is 131 Å². The van der Waals surface area contributed by atoms with E-state index in [-0.39, 0.29) is 0 Å². The van der Waals surface area contributed by atoms with Gasteiger partial charge in [-0.05, 0) is 25.1 Å². The molecule has 0 amide bonds. The third-order valence-electron chi connectivity index (χ3n) is 3.76. The van der Waals surface area contributed by atoms with Gasteiger partial charge in [0.05, 0.1) is 0 Å². The Bertz CT molecular complexity index is 312. The zero-order valence-corrected chi connectivity index (χ0v) is 13.8. The minimum absolute atomic E-state index is 0.996. The van der Waals surface area contributed by atoms with E-state index in [2.05, 4.69) is 19.1 Å². The fourth-order valence-electron chi connectivity index (χ4n) is 2.47. The van der Waals surface area contributed by atoms with Crippen molar-refractivity contribution in [1.82, 2.24) is 0 Å². The largest absolute Gasteiger partial charge is 0.667 e. The van der Waals surface area contributed by atoms with Crippen molar-refractivity contribution in [2.45, 2.75) is 71.1 Å². The number of benzene rings is 1. The van der Waals surface area contributed by atoms with Crippen molar-refractivity contribution < 1.29 is 0 Å². The molecule has 0 fully saturated rings. The normalized spacial score (nSPS) is 10.7. The van der Waals surface area contributed by atoms with Gasteiger partial charge in [0.15, 0.2) is 0 Å². The lowest BCUT2D eigenvalue weighted by Crippen LogP contribution is -2.16. The highest BCUT2D eigenvalue weighted by Gasteiger charge is 1.94. The van der Waals surface area contributed by atoms with Crippen LogP contribution in [0.4, 0.5) is 5.69 Å². The molecule has 0 saturated carbocycles. The lowest BCUT2D eigenvalue weighted by atomic mass is 10.1. The summed E-state index contributed by atoms with van der Waals surface area (Å²) in [6.07, 6.45) is 13.8. The molecule has 1 rings (SSSR count). The predicted molar refractivity (Wildman–Crippen MR) is 93.0 cm³/mol. The molecule has 0 aliphatic rings. The Morgan fingerprint density at radius 2 is 1.25 bits per heavy atom. The third kappa shape index (κ3) is 8.52. The minimum atomic E-state index is 0.996. The quantitative estimate of drug-likeness (QED) is 0.350. The zero-order valence-electron chi connectivity index (χ0n) is 13.0. The van der Waals surface area contributed by atoms with Crippen LogP contribution < -0.4 is 4.31 Å². The minimum Gasteiger partial charge on any atom is -0.667 e. The molecule has 0 aliphatic carbocycles. The zero-order chi connectivity index (χ0) is 14.5. The first-order valence-corrected chi connectivity index (χ1v) is 8.71. The SMILES string of the molecule is CCCCCCCCCCCCN([S-])c1ccccc1. The molecule has 1 aromatic carbocycles. The summed E-state index contributed by atoms with van der Waals surface area (Å²) in [5, 5.41) is 0. The van der Waals surface area contributed by atoms with Crippen molar-refractivity contribution in [3.8, 4) is 0 Å². The molecule has 20 heavy (non-hydrogen) atoms. The van der Waals surface area contributed by atoms with Crippen molar-refractivity contribution in [2.24, 2.45) is 0 Å². The number of unbranched alkanes of at least 4 members (excludes halogenated alkanes) is 9. The molecule has 0 spiro atoms. The molecule has 0 aromatic heterocycles. The fraction of sp³-hybridized carbons (Fsp3) is 0.667. The van der Waals surface area contributed by atoms with Crippen LogP contribution in [0, 0.1) is 0 Å².